The first kappa shape index (κ1) is 18.2. The Morgan fingerprint density at radius 2 is 1.87 bits per heavy atom. The van der Waals surface area contributed by atoms with Crippen molar-refractivity contribution in [3.63, 3.8) is 0 Å². The van der Waals surface area contributed by atoms with Crippen LogP contribution in [0.4, 0.5) is 0 Å². The first-order valence-electron chi connectivity index (χ1n) is 7.87. The zero-order valence-electron chi connectivity index (χ0n) is 13.9. The number of nitrogens with one attached hydrogen (secondary N) is 2. The van der Waals surface area contributed by atoms with Gasteiger partial charge in [0.2, 0.25) is 0 Å². The van der Waals surface area contributed by atoms with E-state index in [0.29, 0.717) is 17.9 Å². The first-order valence-corrected chi connectivity index (χ1v) is 8.25. The molecule has 1 aliphatic heterocycles. The Hall–Kier alpha value is -1.14. The summed E-state index contributed by atoms with van der Waals surface area (Å²) in [4.78, 5) is 12.7. The predicted molar refractivity (Wildman–Crippen MR) is 90.7 cm³/mol. The Kier molecular flexibility index (Phi) is 6.41. The molecule has 1 aromatic rings. The maximum absolute atomic E-state index is 12.7. The van der Waals surface area contributed by atoms with Crippen LogP contribution >= 0.6 is 11.6 Å². The van der Waals surface area contributed by atoms with E-state index < -0.39 is 5.60 Å². The number of rotatable bonds is 6. The van der Waals surface area contributed by atoms with Gasteiger partial charge in [0.05, 0.1) is 6.04 Å². The molecule has 2 rings (SSSR count). The topological polar surface area (TPSA) is 59.6 Å². The second kappa shape index (κ2) is 8.11. The molecule has 1 aliphatic rings. The molecule has 0 saturated carbocycles. The lowest BCUT2D eigenvalue weighted by atomic mass is 9.90. The van der Waals surface area contributed by atoms with Gasteiger partial charge in [-0.15, -0.1) is 0 Å². The van der Waals surface area contributed by atoms with Gasteiger partial charge in [0.25, 0.3) is 5.91 Å². The molecule has 0 spiro atoms. The lowest BCUT2D eigenvalue weighted by molar-refractivity contribution is -0.148. The number of carbonyl (C=O) groups is 1. The SMILES string of the molecule is COC(c1ccc(Cl)cc1)C(C)NC(=O)C1(OC)CCNCC1. The zero-order valence-corrected chi connectivity index (χ0v) is 14.7. The first-order chi connectivity index (χ1) is 11.0. The van der Waals surface area contributed by atoms with Crippen LogP contribution in [0.5, 0.6) is 0 Å². The molecule has 0 aromatic heterocycles. The zero-order chi connectivity index (χ0) is 16.9. The molecular formula is C17H25ClN2O3. The van der Waals surface area contributed by atoms with Crippen LogP contribution in [0.2, 0.25) is 5.02 Å². The van der Waals surface area contributed by atoms with Crippen molar-refractivity contribution in [3.8, 4) is 0 Å². The van der Waals surface area contributed by atoms with E-state index in [9.17, 15) is 4.79 Å². The van der Waals surface area contributed by atoms with E-state index in [-0.39, 0.29) is 18.1 Å². The number of ether oxygens (including phenoxy) is 2. The van der Waals surface area contributed by atoms with E-state index in [2.05, 4.69) is 10.6 Å². The summed E-state index contributed by atoms with van der Waals surface area (Å²) < 4.78 is 11.1. The third-order valence-electron chi connectivity index (χ3n) is 4.48. The summed E-state index contributed by atoms with van der Waals surface area (Å²) in [5, 5.41) is 6.98. The van der Waals surface area contributed by atoms with E-state index in [1.54, 1.807) is 14.2 Å². The maximum Gasteiger partial charge on any atom is 0.252 e. The third kappa shape index (κ3) is 4.23. The minimum absolute atomic E-state index is 0.0787. The molecule has 23 heavy (non-hydrogen) atoms. The quantitative estimate of drug-likeness (QED) is 0.834. The lowest BCUT2D eigenvalue weighted by Gasteiger charge is -2.36. The van der Waals surface area contributed by atoms with Gasteiger partial charge in [-0.3, -0.25) is 4.79 Å². The Balaban J connectivity index is 2.07. The lowest BCUT2D eigenvalue weighted by Crippen LogP contribution is -2.56. The van der Waals surface area contributed by atoms with Gasteiger partial charge in [-0.05, 0) is 50.6 Å². The van der Waals surface area contributed by atoms with Gasteiger partial charge >= 0.3 is 0 Å². The summed E-state index contributed by atoms with van der Waals surface area (Å²) in [6.45, 7) is 3.49. The van der Waals surface area contributed by atoms with E-state index in [0.717, 1.165) is 18.7 Å². The number of amides is 1. The van der Waals surface area contributed by atoms with Crippen LogP contribution < -0.4 is 10.6 Å². The second-order valence-corrected chi connectivity index (χ2v) is 6.35. The summed E-state index contributed by atoms with van der Waals surface area (Å²) in [5.41, 5.74) is 0.221. The van der Waals surface area contributed by atoms with Crippen LogP contribution in [-0.4, -0.2) is 44.9 Å². The Bertz CT molecular complexity index is 515. The summed E-state index contributed by atoms with van der Waals surface area (Å²) in [6, 6.07) is 7.28. The molecule has 2 N–H and O–H groups in total. The normalized spacial score (nSPS) is 19.8. The molecule has 1 saturated heterocycles. The number of methoxy groups -OCH3 is 2. The summed E-state index contributed by atoms with van der Waals surface area (Å²) >= 11 is 5.93. The molecule has 0 bridgehead atoms. The molecule has 6 heteroatoms. The smallest absolute Gasteiger partial charge is 0.252 e. The monoisotopic (exact) mass is 340 g/mol. The fourth-order valence-electron chi connectivity index (χ4n) is 3.05. The van der Waals surface area contributed by atoms with Crippen molar-refractivity contribution in [2.75, 3.05) is 27.3 Å². The maximum atomic E-state index is 12.7. The van der Waals surface area contributed by atoms with Crippen molar-refractivity contribution in [2.45, 2.75) is 37.5 Å². The molecule has 1 heterocycles. The van der Waals surface area contributed by atoms with Gasteiger partial charge in [0.15, 0.2) is 0 Å². The molecule has 0 aliphatic carbocycles. The summed E-state index contributed by atoms with van der Waals surface area (Å²) in [6.07, 6.45) is 1.09. The average molecular weight is 341 g/mol. The highest BCUT2D eigenvalue weighted by atomic mass is 35.5. The van der Waals surface area contributed by atoms with E-state index in [4.69, 9.17) is 21.1 Å². The van der Waals surface area contributed by atoms with Crippen molar-refractivity contribution in [2.24, 2.45) is 0 Å². The Morgan fingerprint density at radius 1 is 1.26 bits per heavy atom. The van der Waals surface area contributed by atoms with Gasteiger partial charge in [0, 0.05) is 19.2 Å². The molecule has 5 nitrogen and oxygen atoms in total. The third-order valence-corrected chi connectivity index (χ3v) is 4.73. The van der Waals surface area contributed by atoms with Crippen LogP contribution in [-0.2, 0) is 14.3 Å². The Morgan fingerprint density at radius 3 is 2.39 bits per heavy atom. The fraction of sp³-hybridized carbons (Fsp3) is 0.588. The number of hydrogen-bond acceptors (Lipinski definition) is 4. The van der Waals surface area contributed by atoms with Crippen molar-refractivity contribution in [1.29, 1.82) is 0 Å². The molecule has 2 atom stereocenters. The largest absolute Gasteiger partial charge is 0.375 e. The van der Waals surface area contributed by atoms with Crippen LogP contribution in [0.25, 0.3) is 0 Å². The second-order valence-electron chi connectivity index (χ2n) is 5.92. The molecule has 2 unspecified atom stereocenters. The van der Waals surface area contributed by atoms with Crippen molar-refractivity contribution in [3.05, 3.63) is 34.9 Å². The molecule has 1 amide bonds. The molecule has 128 valence electrons. The highest BCUT2D eigenvalue weighted by molar-refractivity contribution is 6.30. The average Bonchev–Trinajstić information content (AvgIpc) is 2.57. The number of halogens is 1. The number of hydrogen-bond donors (Lipinski definition) is 2. The van der Waals surface area contributed by atoms with E-state index in [1.165, 1.54) is 0 Å². The minimum Gasteiger partial charge on any atom is -0.375 e. The van der Waals surface area contributed by atoms with Crippen LogP contribution in [0.3, 0.4) is 0 Å². The van der Waals surface area contributed by atoms with Gasteiger partial charge in [-0.25, -0.2) is 0 Å². The van der Waals surface area contributed by atoms with Crippen LogP contribution in [0.1, 0.15) is 31.4 Å². The fourth-order valence-corrected chi connectivity index (χ4v) is 3.18. The molecule has 0 radical (unpaired) electrons. The number of piperidine rings is 1. The van der Waals surface area contributed by atoms with E-state index >= 15 is 0 Å². The van der Waals surface area contributed by atoms with Crippen LogP contribution in [0, 0.1) is 0 Å². The summed E-state index contributed by atoms with van der Waals surface area (Å²) in [7, 11) is 3.24. The van der Waals surface area contributed by atoms with Gasteiger partial charge in [-0.1, -0.05) is 23.7 Å². The standard InChI is InChI=1S/C17H25ClN2O3/c1-12(15(22-2)13-4-6-14(18)7-5-13)20-16(21)17(23-3)8-10-19-11-9-17/h4-7,12,15,19H,8-11H2,1-3H3,(H,20,21). The van der Waals surface area contributed by atoms with E-state index in [1.807, 2.05) is 31.2 Å². The number of benzene rings is 1. The molecular weight excluding hydrogens is 316 g/mol. The van der Waals surface area contributed by atoms with Gasteiger partial charge < -0.3 is 20.1 Å². The van der Waals surface area contributed by atoms with Crippen molar-refractivity contribution < 1.29 is 14.3 Å². The highest BCUT2D eigenvalue weighted by Gasteiger charge is 2.40. The van der Waals surface area contributed by atoms with Crippen LogP contribution in [0.15, 0.2) is 24.3 Å². The summed E-state index contributed by atoms with van der Waals surface area (Å²) in [5.74, 6) is -0.0787. The van der Waals surface area contributed by atoms with Crippen molar-refractivity contribution >= 4 is 17.5 Å². The molecule has 1 aromatic carbocycles. The Labute approximate surface area is 142 Å². The number of carbonyl (C=O) groups excluding carboxylic acids is 1. The minimum atomic E-state index is -0.752. The predicted octanol–water partition coefficient (Wildman–Crippen LogP) is 2.30. The highest BCUT2D eigenvalue weighted by Crippen LogP contribution is 2.26. The molecule has 1 fully saturated rings. The van der Waals surface area contributed by atoms with Gasteiger partial charge in [0.1, 0.15) is 11.7 Å². The van der Waals surface area contributed by atoms with Gasteiger partial charge in [-0.2, -0.15) is 0 Å². The van der Waals surface area contributed by atoms with Crippen molar-refractivity contribution in [1.82, 2.24) is 10.6 Å².